The van der Waals surface area contributed by atoms with Crippen LogP contribution in [-0.4, -0.2) is 91.5 Å². The van der Waals surface area contributed by atoms with E-state index in [4.69, 9.17) is 5.11 Å². The van der Waals surface area contributed by atoms with E-state index >= 15 is 0 Å². The lowest BCUT2D eigenvalue weighted by Crippen LogP contribution is -2.60. The Labute approximate surface area is 227 Å². The van der Waals surface area contributed by atoms with Gasteiger partial charge in [-0.25, -0.2) is 27.6 Å². The molecule has 0 radical (unpaired) electrons. The molecular weight excluding hydrogens is 560 g/mol. The van der Waals surface area contributed by atoms with Gasteiger partial charge in [0, 0.05) is 50.9 Å². The second-order valence-electron chi connectivity index (χ2n) is 10.1. The maximum Gasteiger partial charge on any atom is 0.434 e. The van der Waals surface area contributed by atoms with Crippen molar-refractivity contribution in [2.75, 3.05) is 48.8 Å². The molecule has 16 heteroatoms. The molecule has 2 fully saturated rings. The second kappa shape index (κ2) is 10.7. The first kappa shape index (κ1) is 29.3. The molecule has 1 atom stereocenters. The van der Waals surface area contributed by atoms with Gasteiger partial charge in [-0.1, -0.05) is 13.8 Å². The molecule has 1 aromatic heterocycles. The van der Waals surface area contributed by atoms with Crippen LogP contribution in [0.4, 0.5) is 34.0 Å². The van der Waals surface area contributed by atoms with E-state index in [-0.39, 0.29) is 44.6 Å². The van der Waals surface area contributed by atoms with E-state index in [1.54, 1.807) is 4.90 Å². The summed E-state index contributed by atoms with van der Waals surface area (Å²) in [6, 6.07) is 2.71. The van der Waals surface area contributed by atoms with Crippen LogP contribution in [0.2, 0.25) is 0 Å². The van der Waals surface area contributed by atoms with Gasteiger partial charge in [0.25, 0.3) is 5.91 Å². The Morgan fingerprint density at radius 2 is 1.82 bits per heavy atom. The number of alkyl halides is 3. The quantitative estimate of drug-likeness (QED) is 0.488. The molecule has 40 heavy (non-hydrogen) atoms. The second-order valence-corrected chi connectivity index (χ2v) is 12.1. The van der Waals surface area contributed by atoms with E-state index in [2.05, 4.69) is 15.3 Å². The van der Waals surface area contributed by atoms with E-state index in [9.17, 15) is 35.6 Å². The Morgan fingerprint density at radius 1 is 1.15 bits per heavy atom. The van der Waals surface area contributed by atoms with Crippen LogP contribution in [0.1, 0.15) is 29.9 Å². The summed E-state index contributed by atoms with van der Waals surface area (Å²) in [7, 11) is -3.82. The summed E-state index contributed by atoms with van der Waals surface area (Å²) < 4.78 is 80.1. The van der Waals surface area contributed by atoms with Gasteiger partial charge in [0.1, 0.15) is 10.7 Å². The summed E-state index contributed by atoms with van der Waals surface area (Å²) in [6.45, 7) is 4.33. The van der Waals surface area contributed by atoms with Crippen LogP contribution in [-0.2, 0) is 16.0 Å². The third-order valence-corrected chi connectivity index (χ3v) is 8.01. The number of hydrogen-bond donors (Lipinski definition) is 2. The zero-order valence-electron chi connectivity index (χ0n) is 21.8. The maximum absolute atomic E-state index is 14.1. The standard InChI is InChI=1S/C24H28F4N6O5S/c1-13(2)18-12-32(15-4-5-17(25)19(8-15)40(3,38)39)6-7-34(18)22-29-9-16(20(31-22)24(26,27)28)21(35)30-14-10-33(11-14)23(36)37/h4-5,8-9,13-14,18H,6-7,10-12H2,1-3H3,(H,30,35)(H,36,37)/t18-/m0/s1. The molecule has 2 saturated heterocycles. The molecule has 11 nitrogen and oxygen atoms in total. The van der Waals surface area contributed by atoms with Gasteiger partial charge in [-0.05, 0) is 24.1 Å². The number of halogens is 4. The molecule has 0 aliphatic carbocycles. The fourth-order valence-corrected chi connectivity index (χ4v) is 5.48. The van der Waals surface area contributed by atoms with E-state index < -0.39 is 62.1 Å². The van der Waals surface area contributed by atoms with Gasteiger partial charge in [0.15, 0.2) is 15.5 Å². The van der Waals surface area contributed by atoms with Crippen molar-refractivity contribution >= 4 is 33.5 Å². The lowest BCUT2D eigenvalue weighted by molar-refractivity contribution is -0.141. The summed E-state index contributed by atoms with van der Waals surface area (Å²) in [4.78, 5) is 35.3. The van der Waals surface area contributed by atoms with Gasteiger partial charge in [-0.15, -0.1) is 0 Å². The number of anilines is 2. The Morgan fingerprint density at radius 3 is 2.40 bits per heavy atom. The van der Waals surface area contributed by atoms with E-state index in [0.29, 0.717) is 5.69 Å². The van der Waals surface area contributed by atoms with Crippen LogP contribution in [0.25, 0.3) is 0 Å². The van der Waals surface area contributed by atoms with E-state index in [1.165, 1.54) is 12.1 Å². The van der Waals surface area contributed by atoms with E-state index in [1.807, 2.05) is 18.7 Å². The summed E-state index contributed by atoms with van der Waals surface area (Å²) in [5.41, 5.74) is -1.73. The Bertz CT molecular complexity index is 1410. The molecule has 1 aromatic carbocycles. The highest BCUT2D eigenvalue weighted by Crippen LogP contribution is 2.33. The lowest BCUT2D eigenvalue weighted by Gasteiger charge is -2.44. The van der Waals surface area contributed by atoms with Crippen LogP contribution in [0.3, 0.4) is 0 Å². The highest BCUT2D eigenvalue weighted by Gasteiger charge is 2.41. The Hall–Kier alpha value is -3.69. The normalized spacial score (nSPS) is 18.6. The van der Waals surface area contributed by atoms with Crippen LogP contribution in [0.15, 0.2) is 29.3 Å². The number of carboxylic acid groups (broad SMARTS) is 1. The molecule has 0 saturated carbocycles. The fourth-order valence-electron chi connectivity index (χ4n) is 4.72. The van der Waals surface area contributed by atoms with Crippen molar-refractivity contribution < 1.29 is 40.7 Å². The minimum atomic E-state index is -4.97. The first-order chi connectivity index (χ1) is 18.6. The summed E-state index contributed by atoms with van der Waals surface area (Å²) >= 11 is 0. The molecular formula is C24H28F4N6O5S. The third kappa shape index (κ3) is 6.05. The summed E-state index contributed by atoms with van der Waals surface area (Å²) in [6.07, 6.45) is -4.44. The number of sulfone groups is 1. The molecule has 2 amide bonds. The number of likely N-dealkylation sites (tertiary alicyclic amines) is 1. The zero-order valence-corrected chi connectivity index (χ0v) is 22.6. The smallest absolute Gasteiger partial charge is 0.434 e. The molecule has 2 aliphatic heterocycles. The lowest BCUT2D eigenvalue weighted by atomic mass is 9.99. The number of hydrogen-bond acceptors (Lipinski definition) is 8. The van der Waals surface area contributed by atoms with Crippen molar-refractivity contribution in [2.24, 2.45) is 5.92 Å². The Kier molecular flexibility index (Phi) is 7.84. The number of carbonyl (C=O) groups excluding carboxylic acids is 1. The molecule has 2 aliphatic rings. The molecule has 2 aromatic rings. The van der Waals surface area contributed by atoms with E-state index in [0.717, 1.165) is 23.4 Å². The topological polar surface area (TPSA) is 136 Å². The van der Waals surface area contributed by atoms with Gasteiger partial charge in [0.2, 0.25) is 5.95 Å². The highest BCUT2D eigenvalue weighted by molar-refractivity contribution is 7.90. The molecule has 4 rings (SSSR count). The minimum absolute atomic E-state index is 0.0402. The largest absolute Gasteiger partial charge is 0.465 e. The first-order valence-electron chi connectivity index (χ1n) is 12.3. The van der Waals surface area contributed by atoms with Gasteiger partial charge >= 0.3 is 12.3 Å². The van der Waals surface area contributed by atoms with Crippen molar-refractivity contribution in [3.63, 3.8) is 0 Å². The average molecular weight is 589 g/mol. The molecule has 3 heterocycles. The summed E-state index contributed by atoms with van der Waals surface area (Å²) in [5, 5.41) is 11.3. The number of rotatable bonds is 6. The number of nitrogens with zero attached hydrogens (tertiary/aromatic N) is 5. The first-order valence-corrected chi connectivity index (χ1v) is 14.2. The average Bonchev–Trinajstić information content (AvgIpc) is 2.84. The highest BCUT2D eigenvalue weighted by atomic mass is 32.2. The number of piperazine rings is 1. The van der Waals surface area contributed by atoms with Gasteiger partial charge < -0.3 is 25.1 Å². The van der Waals surface area contributed by atoms with Crippen LogP contribution >= 0.6 is 0 Å². The number of aromatic nitrogens is 2. The van der Waals surface area contributed by atoms with Gasteiger partial charge in [0.05, 0.1) is 17.6 Å². The van der Waals surface area contributed by atoms with Crippen molar-refractivity contribution in [2.45, 2.75) is 37.0 Å². The van der Waals surface area contributed by atoms with Crippen molar-refractivity contribution in [1.29, 1.82) is 0 Å². The van der Waals surface area contributed by atoms with Crippen LogP contribution in [0, 0.1) is 11.7 Å². The van der Waals surface area contributed by atoms with Crippen LogP contribution < -0.4 is 15.1 Å². The molecule has 2 N–H and O–H groups in total. The number of carbonyl (C=O) groups is 2. The zero-order chi connectivity index (χ0) is 29.6. The monoisotopic (exact) mass is 588 g/mol. The van der Waals surface area contributed by atoms with Crippen molar-refractivity contribution in [1.82, 2.24) is 20.2 Å². The van der Waals surface area contributed by atoms with Gasteiger partial charge in [-0.3, -0.25) is 4.79 Å². The third-order valence-electron chi connectivity index (χ3n) is 6.90. The van der Waals surface area contributed by atoms with Crippen LogP contribution in [0.5, 0.6) is 0 Å². The fraction of sp³-hybridized carbons (Fsp3) is 0.500. The predicted octanol–water partition coefficient (Wildman–Crippen LogP) is 2.48. The number of benzene rings is 1. The SMILES string of the molecule is CC(C)[C@@H]1CN(c2ccc(F)c(S(C)(=O)=O)c2)CCN1c1ncc(C(=O)NC2CN(C(=O)O)C2)c(C(F)(F)F)n1. The molecule has 218 valence electrons. The predicted molar refractivity (Wildman–Crippen MR) is 136 cm³/mol. The van der Waals surface area contributed by atoms with Crippen molar-refractivity contribution in [3.8, 4) is 0 Å². The van der Waals surface area contributed by atoms with Gasteiger partial charge in [-0.2, -0.15) is 13.2 Å². The number of amides is 2. The minimum Gasteiger partial charge on any atom is -0.465 e. The molecule has 0 bridgehead atoms. The summed E-state index contributed by atoms with van der Waals surface area (Å²) in [5.74, 6) is -2.26. The number of nitrogens with one attached hydrogen (secondary N) is 1. The molecule has 0 unspecified atom stereocenters. The maximum atomic E-state index is 14.1. The Balaban J connectivity index is 1.58. The molecule has 0 spiro atoms. The van der Waals surface area contributed by atoms with Crippen molar-refractivity contribution in [3.05, 3.63) is 41.5 Å².